The van der Waals surface area contributed by atoms with Crippen molar-refractivity contribution in [1.29, 1.82) is 0 Å². The van der Waals surface area contributed by atoms with Gasteiger partial charge >= 0.3 is 0 Å². The minimum atomic E-state index is 0.213. The fraction of sp³-hybridized carbons (Fsp3) is 0.214. The van der Waals surface area contributed by atoms with Crippen LogP contribution >= 0.6 is 11.6 Å². The van der Waals surface area contributed by atoms with Gasteiger partial charge in [0.25, 0.3) is 0 Å². The Bertz CT molecular complexity index is 1230. The van der Waals surface area contributed by atoms with E-state index in [1.807, 2.05) is 25.1 Å². The summed E-state index contributed by atoms with van der Waals surface area (Å²) in [6.45, 7) is 5.47. The second kappa shape index (κ2) is 10.3. The minimum absolute atomic E-state index is 0.213. The van der Waals surface area contributed by atoms with Crippen molar-refractivity contribution in [1.82, 2.24) is 14.9 Å². The van der Waals surface area contributed by atoms with E-state index in [9.17, 15) is 0 Å². The van der Waals surface area contributed by atoms with Crippen LogP contribution in [-0.2, 0) is 0 Å². The van der Waals surface area contributed by atoms with Crippen LogP contribution in [-0.4, -0.2) is 41.0 Å². The first-order valence-electron chi connectivity index (χ1n) is 11.8. The van der Waals surface area contributed by atoms with Gasteiger partial charge in [-0.05, 0) is 35.7 Å². The fourth-order valence-electron chi connectivity index (χ4n) is 4.67. The highest BCUT2D eigenvalue weighted by Crippen LogP contribution is 2.33. The maximum absolute atomic E-state index is 6.55. The quantitative estimate of drug-likeness (QED) is 0.367. The third-order valence-corrected chi connectivity index (χ3v) is 6.76. The Morgan fingerprint density at radius 1 is 0.857 bits per heavy atom. The first-order valence-corrected chi connectivity index (χ1v) is 12.2. The zero-order valence-electron chi connectivity index (χ0n) is 19.7. The van der Waals surface area contributed by atoms with E-state index in [4.69, 9.17) is 17.3 Å². The molecule has 0 aliphatic carbocycles. The van der Waals surface area contributed by atoms with Gasteiger partial charge in [-0.15, -0.1) is 0 Å². The summed E-state index contributed by atoms with van der Waals surface area (Å²) in [5.74, 6) is 1.35. The summed E-state index contributed by atoms with van der Waals surface area (Å²) in [4.78, 5) is 13.7. The number of piperazine rings is 1. The molecular weight excluding hydrogens is 456 g/mol. The van der Waals surface area contributed by atoms with Crippen LogP contribution in [0.25, 0.3) is 0 Å². The van der Waals surface area contributed by atoms with Crippen LogP contribution in [0.5, 0.6) is 0 Å². The summed E-state index contributed by atoms with van der Waals surface area (Å²) >= 11 is 6.19. The molecule has 0 unspecified atom stereocenters. The summed E-state index contributed by atoms with van der Waals surface area (Å²) < 4.78 is 0. The van der Waals surface area contributed by atoms with Gasteiger partial charge in [-0.3, -0.25) is 4.90 Å². The second-order valence-corrected chi connectivity index (χ2v) is 9.23. The van der Waals surface area contributed by atoms with Gasteiger partial charge in [-0.2, -0.15) is 0 Å². The van der Waals surface area contributed by atoms with Crippen LogP contribution in [0, 0.1) is 6.92 Å². The lowest BCUT2D eigenvalue weighted by molar-refractivity contribution is 0.212. The molecule has 4 aromatic rings. The van der Waals surface area contributed by atoms with E-state index < -0.39 is 0 Å². The Balaban J connectivity index is 1.34. The number of hydrogen-bond donors (Lipinski definition) is 2. The van der Waals surface area contributed by atoms with Crippen molar-refractivity contribution in [2.45, 2.75) is 13.0 Å². The van der Waals surface area contributed by atoms with Gasteiger partial charge in [0.05, 0.1) is 6.04 Å². The van der Waals surface area contributed by atoms with Crippen LogP contribution < -0.4 is 16.0 Å². The molecule has 1 saturated heterocycles. The monoisotopic (exact) mass is 484 g/mol. The van der Waals surface area contributed by atoms with Crippen LogP contribution in [0.2, 0.25) is 5.02 Å². The molecule has 1 aliphatic rings. The summed E-state index contributed by atoms with van der Waals surface area (Å²) in [7, 11) is 0. The van der Waals surface area contributed by atoms with Gasteiger partial charge in [0.2, 0.25) is 0 Å². The van der Waals surface area contributed by atoms with E-state index in [1.165, 1.54) is 11.1 Å². The predicted molar refractivity (Wildman–Crippen MR) is 144 cm³/mol. The number of anilines is 4. The largest absolute Gasteiger partial charge is 0.393 e. The van der Waals surface area contributed by atoms with Crippen molar-refractivity contribution in [2.75, 3.05) is 42.1 Å². The number of hydrogen-bond acceptors (Lipinski definition) is 6. The molecule has 1 aromatic heterocycles. The Morgan fingerprint density at radius 2 is 1.49 bits per heavy atom. The molecule has 1 fully saturated rings. The number of aryl methyl sites for hydroxylation is 1. The van der Waals surface area contributed by atoms with Crippen LogP contribution in [0.3, 0.4) is 0 Å². The lowest BCUT2D eigenvalue weighted by Gasteiger charge is -2.40. The third kappa shape index (κ3) is 5.09. The highest BCUT2D eigenvalue weighted by molar-refractivity contribution is 6.30. The van der Waals surface area contributed by atoms with E-state index in [-0.39, 0.29) is 6.04 Å². The maximum Gasteiger partial charge on any atom is 0.159 e. The summed E-state index contributed by atoms with van der Waals surface area (Å²) in [6, 6.07) is 27.4. The molecule has 7 heteroatoms. The molecule has 0 bridgehead atoms. The highest BCUT2D eigenvalue weighted by atomic mass is 35.5. The summed E-state index contributed by atoms with van der Waals surface area (Å²) in [5.41, 5.74) is 11.6. The van der Waals surface area contributed by atoms with Gasteiger partial charge in [-0.1, -0.05) is 78.3 Å². The van der Waals surface area contributed by atoms with Crippen LogP contribution in [0.4, 0.5) is 23.0 Å². The highest BCUT2D eigenvalue weighted by Gasteiger charge is 2.28. The molecule has 2 heterocycles. The van der Waals surface area contributed by atoms with Gasteiger partial charge in [-0.25, -0.2) is 9.97 Å². The topological polar surface area (TPSA) is 70.3 Å². The number of nitrogen functional groups attached to an aromatic ring is 1. The average molecular weight is 485 g/mol. The molecule has 5 rings (SSSR count). The van der Waals surface area contributed by atoms with E-state index >= 15 is 0 Å². The molecule has 3 N–H and O–H groups in total. The third-order valence-electron chi connectivity index (χ3n) is 6.53. The normalized spacial score (nSPS) is 14.3. The molecular formula is C28H29ClN6. The van der Waals surface area contributed by atoms with Crippen molar-refractivity contribution in [3.63, 3.8) is 0 Å². The Kier molecular flexibility index (Phi) is 6.84. The van der Waals surface area contributed by atoms with E-state index in [2.05, 4.69) is 85.7 Å². The molecule has 6 nitrogen and oxygen atoms in total. The molecule has 0 atom stereocenters. The van der Waals surface area contributed by atoms with Gasteiger partial charge in [0.1, 0.15) is 12.0 Å². The second-order valence-electron chi connectivity index (χ2n) is 8.79. The number of aromatic nitrogens is 2. The Labute approximate surface area is 211 Å². The molecule has 0 saturated carbocycles. The van der Waals surface area contributed by atoms with E-state index in [1.54, 1.807) is 6.33 Å². The first kappa shape index (κ1) is 23.1. The zero-order chi connectivity index (χ0) is 24.2. The van der Waals surface area contributed by atoms with Gasteiger partial charge in [0, 0.05) is 36.9 Å². The van der Waals surface area contributed by atoms with Gasteiger partial charge in [0.15, 0.2) is 11.6 Å². The van der Waals surface area contributed by atoms with Crippen molar-refractivity contribution in [2.24, 2.45) is 0 Å². The van der Waals surface area contributed by atoms with Crippen molar-refractivity contribution in [3.05, 3.63) is 107 Å². The average Bonchev–Trinajstić information content (AvgIpc) is 2.89. The SMILES string of the molecule is Cc1ccc(Cl)cc1Nc1ncnc(N2CCN(C(c3ccccc3)c3ccccc3)CC2)c1N. The molecule has 0 radical (unpaired) electrons. The van der Waals surface area contributed by atoms with Crippen molar-refractivity contribution >= 4 is 34.6 Å². The van der Waals surface area contributed by atoms with Crippen molar-refractivity contribution in [3.8, 4) is 0 Å². The Morgan fingerprint density at radius 3 is 2.11 bits per heavy atom. The number of halogens is 1. The lowest BCUT2D eigenvalue weighted by atomic mass is 9.96. The molecule has 0 amide bonds. The molecule has 35 heavy (non-hydrogen) atoms. The maximum atomic E-state index is 6.55. The first-order chi connectivity index (χ1) is 17.1. The smallest absolute Gasteiger partial charge is 0.159 e. The van der Waals surface area contributed by atoms with Crippen molar-refractivity contribution < 1.29 is 0 Å². The number of nitrogens with zero attached hydrogens (tertiary/aromatic N) is 4. The van der Waals surface area contributed by atoms with Gasteiger partial charge < -0.3 is 16.0 Å². The number of rotatable bonds is 6. The summed E-state index contributed by atoms with van der Waals surface area (Å²) in [6.07, 6.45) is 1.57. The van der Waals surface area contributed by atoms with E-state index in [0.717, 1.165) is 43.2 Å². The number of nitrogens with two attached hydrogens (primary N) is 1. The van der Waals surface area contributed by atoms with Crippen LogP contribution in [0.15, 0.2) is 85.2 Å². The minimum Gasteiger partial charge on any atom is -0.393 e. The lowest BCUT2D eigenvalue weighted by Crippen LogP contribution is -2.48. The standard InChI is InChI=1S/C28H29ClN6/c1-20-12-13-23(29)18-24(20)33-27-25(30)28(32-19-31-27)35-16-14-34(15-17-35)26(21-8-4-2-5-9-21)22-10-6-3-7-11-22/h2-13,18-19,26H,14-17,30H2,1H3,(H,31,32,33). The van der Waals surface area contributed by atoms with Crippen LogP contribution in [0.1, 0.15) is 22.7 Å². The summed E-state index contributed by atoms with van der Waals surface area (Å²) in [5, 5.41) is 3.99. The molecule has 0 spiro atoms. The molecule has 1 aliphatic heterocycles. The molecule has 178 valence electrons. The zero-order valence-corrected chi connectivity index (χ0v) is 20.5. The van der Waals surface area contributed by atoms with E-state index in [0.29, 0.717) is 16.5 Å². The number of nitrogens with one attached hydrogen (secondary N) is 1. The Hall–Kier alpha value is -3.61. The fourth-order valence-corrected chi connectivity index (χ4v) is 4.84. The predicted octanol–water partition coefficient (Wildman–Crippen LogP) is 5.68. The molecule has 3 aromatic carbocycles. The number of benzene rings is 3.